The minimum atomic E-state index is -0.835. The molecule has 2 aromatic rings. The zero-order valence-corrected chi connectivity index (χ0v) is 24.1. The molecule has 1 aliphatic carbocycles. The smallest absolute Gasteiger partial charge is 0.414 e. The number of hydrogen-bond acceptors (Lipinski definition) is 4. The van der Waals surface area contributed by atoms with E-state index >= 15 is 0 Å². The van der Waals surface area contributed by atoms with Crippen molar-refractivity contribution in [2.45, 2.75) is 57.0 Å². The summed E-state index contributed by atoms with van der Waals surface area (Å²) in [4.78, 5) is 32.3. The third-order valence-corrected chi connectivity index (χ3v) is 9.13. The van der Waals surface area contributed by atoms with Crippen molar-refractivity contribution in [1.82, 2.24) is 9.80 Å². The summed E-state index contributed by atoms with van der Waals surface area (Å²) in [5, 5.41) is 0.923. The van der Waals surface area contributed by atoms with E-state index in [0.717, 1.165) is 30.6 Å². The van der Waals surface area contributed by atoms with Gasteiger partial charge in [-0.15, -0.1) is 0 Å². The molecule has 1 atom stereocenters. The molecule has 3 aliphatic rings. The number of halogens is 3. The van der Waals surface area contributed by atoms with Crippen LogP contribution in [0, 0.1) is 11.7 Å². The number of fused-ring (bicyclic) bond motifs is 2. The van der Waals surface area contributed by atoms with E-state index < -0.39 is 11.7 Å². The van der Waals surface area contributed by atoms with Crippen LogP contribution >= 0.6 is 23.2 Å². The van der Waals surface area contributed by atoms with Crippen molar-refractivity contribution < 1.29 is 18.7 Å². The highest BCUT2D eigenvalue weighted by molar-refractivity contribution is 6.42. The van der Waals surface area contributed by atoms with Crippen molar-refractivity contribution in [3.8, 4) is 0 Å². The second-order valence-electron chi connectivity index (χ2n) is 11.2. The molecule has 1 unspecified atom stereocenters. The van der Waals surface area contributed by atoms with Gasteiger partial charge in [0.15, 0.2) is 0 Å². The molecule has 1 saturated carbocycles. The molecule has 6 nitrogen and oxygen atoms in total. The first kappa shape index (κ1) is 28.2. The lowest BCUT2D eigenvalue weighted by Crippen LogP contribution is -2.51. The summed E-state index contributed by atoms with van der Waals surface area (Å²) in [5.41, 5.74) is 1.47. The Bertz CT molecular complexity index is 1230. The molecule has 1 saturated heterocycles. The molecule has 210 valence electrons. The summed E-state index contributed by atoms with van der Waals surface area (Å²) >= 11 is 12.6. The van der Waals surface area contributed by atoms with Crippen molar-refractivity contribution in [2.75, 3.05) is 44.7 Å². The molecule has 0 N–H and O–H groups in total. The van der Waals surface area contributed by atoms with Crippen LogP contribution in [0.5, 0.6) is 0 Å². The monoisotopic (exact) mass is 575 g/mol. The van der Waals surface area contributed by atoms with Crippen LogP contribution in [0.4, 0.5) is 14.9 Å². The van der Waals surface area contributed by atoms with E-state index in [1.165, 1.54) is 29.9 Å². The summed E-state index contributed by atoms with van der Waals surface area (Å²) < 4.78 is 20.1. The molecule has 0 aromatic heterocycles. The van der Waals surface area contributed by atoms with Crippen LogP contribution in [0.3, 0.4) is 0 Å². The van der Waals surface area contributed by atoms with E-state index in [1.54, 1.807) is 19.2 Å². The van der Waals surface area contributed by atoms with Crippen LogP contribution in [0.2, 0.25) is 10.0 Å². The fourth-order valence-corrected chi connectivity index (χ4v) is 6.24. The van der Waals surface area contributed by atoms with Gasteiger partial charge in [-0.3, -0.25) is 9.69 Å². The van der Waals surface area contributed by atoms with Crippen LogP contribution < -0.4 is 4.90 Å². The van der Waals surface area contributed by atoms with Crippen LogP contribution in [-0.2, 0) is 15.1 Å². The molecule has 5 rings (SSSR count). The van der Waals surface area contributed by atoms with Crippen LogP contribution in [-0.4, -0.2) is 61.6 Å². The number of hydrogen-bond donors (Lipinski definition) is 0. The highest BCUT2D eigenvalue weighted by Crippen LogP contribution is 2.45. The van der Waals surface area contributed by atoms with Crippen molar-refractivity contribution in [2.24, 2.45) is 5.92 Å². The second-order valence-corrected chi connectivity index (χ2v) is 12.0. The topological polar surface area (TPSA) is 53.1 Å². The van der Waals surface area contributed by atoms with Gasteiger partial charge in [-0.25, -0.2) is 9.18 Å². The summed E-state index contributed by atoms with van der Waals surface area (Å²) in [6, 6.07) is 10.0. The predicted molar refractivity (Wildman–Crippen MR) is 152 cm³/mol. The third-order valence-electron chi connectivity index (χ3n) is 8.39. The van der Waals surface area contributed by atoms with E-state index in [4.69, 9.17) is 27.9 Å². The third kappa shape index (κ3) is 6.06. The average molecular weight is 577 g/mol. The van der Waals surface area contributed by atoms with E-state index in [2.05, 4.69) is 11.8 Å². The molecule has 9 heteroatoms. The number of amides is 2. The number of piperidine rings is 1. The van der Waals surface area contributed by atoms with Gasteiger partial charge in [0.05, 0.1) is 21.7 Å². The lowest BCUT2D eigenvalue weighted by molar-refractivity contribution is -0.133. The standard InChI is InChI=1S/C30H36Cl2FN3O3/c1-3-13-36(19-20-4-5-20)28(37)23(21-6-8-25(31)26(32)17-21)10-14-35-15-11-30(12-16-35)24-18-22(33)7-9-27(24)34(2)29(38)39-30/h6-9,17-18,20,23H,3-5,10-16,19H2,1-2H3. The number of rotatable bonds is 9. The first-order valence-corrected chi connectivity index (χ1v) is 14.7. The minimum Gasteiger partial charge on any atom is -0.437 e. The van der Waals surface area contributed by atoms with Gasteiger partial charge in [0, 0.05) is 51.6 Å². The first-order chi connectivity index (χ1) is 18.7. The molecule has 2 fully saturated rings. The zero-order valence-electron chi connectivity index (χ0n) is 22.6. The van der Waals surface area contributed by atoms with Gasteiger partial charge < -0.3 is 14.5 Å². The number of benzene rings is 2. The molecular formula is C30H36Cl2FN3O3. The number of likely N-dealkylation sites (tertiary alicyclic amines) is 1. The van der Waals surface area contributed by atoms with Crippen molar-refractivity contribution in [3.05, 3.63) is 63.4 Å². The van der Waals surface area contributed by atoms with Gasteiger partial charge >= 0.3 is 6.09 Å². The fraction of sp³-hybridized carbons (Fsp3) is 0.533. The summed E-state index contributed by atoms with van der Waals surface area (Å²) in [5.74, 6) is 0.0899. The van der Waals surface area contributed by atoms with Gasteiger partial charge in [-0.05, 0) is 74.0 Å². The number of ether oxygens (including phenoxy) is 1. The van der Waals surface area contributed by atoms with Crippen molar-refractivity contribution in [1.29, 1.82) is 0 Å². The highest BCUT2D eigenvalue weighted by Gasteiger charge is 2.46. The number of carbonyl (C=O) groups is 2. The molecule has 2 heterocycles. The molecule has 39 heavy (non-hydrogen) atoms. The molecule has 2 amide bonds. The Kier molecular flexibility index (Phi) is 8.41. The van der Waals surface area contributed by atoms with E-state index in [9.17, 15) is 14.0 Å². The fourth-order valence-electron chi connectivity index (χ4n) is 5.93. The Hall–Kier alpha value is -2.35. The number of anilines is 1. The largest absolute Gasteiger partial charge is 0.437 e. The molecule has 1 spiro atoms. The highest BCUT2D eigenvalue weighted by atomic mass is 35.5. The second kappa shape index (κ2) is 11.6. The molecule has 0 bridgehead atoms. The summed E-state index contributed by atoms with van der Waals surface area (Å²) in [6.45, 7) is 5.72. The first-order valence-electron chi connectivity index (χ1n) is 13.9. The zero-order chi connectivity index (χ0) is 27.7. The maximum atomic E-state index is 14.2. The van der Waals surface area contributed by atoms with E-state index in [0.29, 0.717) is 60.5 Å². The lowest BCUT2D eigenvalue weighted by atomic mass is 9.81. The maximum absolute atomic E-state index is 14.2. The van der Waals surface area contributed by atoms with Gasteiger partial charge in [-0.2, -0.15) is 0 Å². The van der Waals surface area contributed by atoms with Gasteiger partial charge in [-0.1, -0.05) is 36.2 Å². The normalized spacial score (nSPS) is 19.5. The lowest BCUT2D eigenvalue weighted by Gasteiger charge is -2.46. The Morgan fingerprint density at radius 1 is 1.15 bits per heavy atom. The summed E-state index contributed by atoms with van der Waals surface area (Å²) in [7, 11) is 1.65. The Labute approximate surface area is 240 Å². The predicted octanol–water partition coefficient (Wildman–Crippen LogP) is 6.83. The van der Waals surface area contributed by atoms with Gasteiger partial charge in [0.25, 0.3) is 0 Å². The minimum absolute atomic E-state index is 0.143. The Morgan fingerprint density at radius 3 is 2.56 bits per heavy atom. The van der Waals surface area contributed by atoms with Crippen molar-refractivity contribution >= 4 is 40.9 Å². The van der Waals surface area contributed by atoms with Gasteiger partial charge in [0.2, 0.25) is 5.91 Å². The van der Waals surface area contributed by atoms with Crippen LogP contribution in [0.15, 0.2) is 36.4 Å². The molecular weight excluding hydrogens is 540 g/mol. The molecule has 0 radical (unpaired) electrons. The number of nitrogens with zero attached hydrogens (tertiary/aromatic N) is 3. The van der Waals surface area contributed by atoms with E-state index in [-0.39, 0.29) is 17.6 Å². The molecule has 2 aromatic carbocycles. The molecule has 2 aliphatic heterocycles. The van der Waals surface area contributed by atoms with Crippen LogP contribution in [0.1, 0.15) is 62.5 Å². The summed E-state index contributed by atoms with van der Waals surface area (Å²) in [6.07, 6.45) is 4.65. The quantitative estimate of drug-likeness (QED) is 0.328. The average Bonchev–Trinajstić information content (AvgIpc) is 3.74. The maximum Gasteiger partial charge on any atom is 0.414 e. The Balaban J connectivity index is 1.30. The number of carbonyl (C=O) groups excluding carboxylic acids is 2. The van der Waals surface area contributed by atoms with Gasteiger partial charge in [0.1, 0.15) is 11.4 Å². The SMILES string of the molecule is CCCN(CC1CC1)C(=O)C(CCN1CCC2(CC1)OC(=O)N(C)c1ccc(F)cc12)c1ccc(Cl)c(Cl)c1. The Morgan fingerprint density at radius 2 is 1.90 bits per heavy atom. The van der Waals surface area contributed by atoms with Crippen LogP contribution in [0.25, 0.3) is 0 Å². The van der Waals surface area contributed by atoms with E-state index in [1.807, 2.05) is 17.0 Å². The van der Waals surface area contributed by atoms with Crippen molar-refractivity contribution in [3.63, 3.8) is 0 Å².